The van der Waals surface area contributed by atoms with Crippen LogP contribution in [0.25, 0.3) is 0 Å². The van der Waals surface area contributed by atoms with Crippen LogP contribution in [-0.2, 0) is 11.2 Å². The Kier molecular flexibility index (Phi) is 5.28. The van der Waals surface area contributed by atoms with Crippen molar-refractivity contribution >= 4 is 0 Å². The second kappa shape index (κ2) is 7.39. The summed E-state index contributed by atoms with van der Waals surface area (Å²) in [5.74, 6) is 0. The van der Waals surface area contributed by atoms with E-state index in [1.54, 1.807) is 0 Å². The molecule has 0 radical (unpaired) electrons. The lowest BCUT2D eigenvalue weighted by atomic mass is 10.1. The van der Waals surface area contributed by atoms with E-state index in [-0.39, 0.29) is 0 Å². The number of nitrogens with one attached hydrogen (secondary N) is 1. The molecule has 1 N–H and O–H groups in total. The lowest BCUT2D eigenvalue weighted by molar-refractivity contribution is 0.106. The van der Waals surface area contributed by atoms with E-state index < -0.39 is 0 Å². The van der Waals surface area contributed by atoms with Gasteiger partial charge in [0.25, 0.3) is 0 Å². The molecule has 116 valence electrons. The highest BCUT2D eigenvalue weighted by Gasteiger charge is 2.29. The van der Waals surface area contributed by atoms with Crippen molar-refractivity contribution < 1.29 is 4.74 Å². The largest absolute Gasteiger partial charge is 0.381 e. The minimum absolute atomic E-state index is 0.484. The number of hydrogen-bond donors (Lipinski definition) is 1. The van der Waals surface area contributed by atoms with Crippen molar-refractivity contribution in [1.29, 1.82) is 0 Å². The first-order chi connectivity index (χ1) is 10.3. The van der Waals surface area contributed by atoms with Crippen molar-refractivity contribution in [3.63, 3.8) is 0 Å². The Bertz CT molecular complexity index is 422. The third kappa shape index (κ3) is 4.29. The van der Waals surface area contributed by atoms with Gasteiger partial charge in [-0.1, -0.05) is 30.3 Å². The second-order valence-electron chi connectivity index (χ2n) is 6.56. The third-order valence-electron chi connectivity index (χ3n) is 5.02. The van der Waals surface area contributed by atoms with Gasteiger partial charge in [-0.3, -0.25) is 0 Å². The number of rotatable bonds is 6. The van der Waals surface area contributed by atoms with E-state index in [1.165, 1.54) is 57.3 Å². The fraction of sp³-hybridized carbons (Fsp3) is 0.667. The van der Waals surface area contributed by atoms with Crippen LogP contribution in [-0.4, -0.2) is 49.8 Å². The molecule has 0 bridgehead atoms. The maximum atomic E-state index is 5.46. The molecule has 0 spiro atoms. The molecule has 0 amide bonds. The van der Waals surface area contributed by atoms with Gasteiger partial charge in [0, 0.05) is 32.3 Å². The van der Waals surface area contributed by atoms with Crippen LogP contribution in [0.3, 0.4) is 0 Å². The number of likely N-dealkylation sites (tertiary alicyclic amines) is 1. The van der Waals surface area contributed by atoms with E-state index in [0.717, 1.165) is 0 Å². The van der Waals surface area contributed by atoms with Crippen molar-refractivity contribution in [1.82, 2.24) is 10.2 Å². The minimum Gasteiger partial charge on any atom is -0.381 e. The molecular formula is C18H28N2O. The van der Waals surface area contributed by atoms with E-state index in [2.05, 4.69) is 40.5 Å². The summed E-state index contributed by atoms with van der Waals surface area (Å²) >= 11 is 0. The molecule has 3 heteroatoms. The second-order valence-corrected chi connectivity index (χ2v) is 6.56. The summed E-state index contributed by atoms with van der Waals surface area (Å²) in [7, 11) is 1.84. The summed E-state index contributed by atoms with van der Waals surface area (Å²) in [6.45, 7) is 3.64. The summed E-state index contributed by atoms with van der Waals surface area (Å²) in [5.41, 5.74) is 1.45. The van der Waals surface area contributed by atoms with Crippen LogP contribution >= 0.6 is 0 Å². The molecule has 1 heterocycles. The minimum atomic E-state index is 0.484. The third-order valence-corrected chi connectivity index (χ3v) is 5.02. The van der Waals surface area contributed by atoms with Crippen LogP contribution in [0.1, 0.15) is 31.2 Å². The van der Waals surface area contributed by atoms with Crippen LogP contribution in [0.15, 0.2) is 30.3 Å². The molecule has 3 unspecified atom stereocenters. The zero-order chi connectivity index (χ0) is 14.5. The van der Waals surface area contributed by atoms with Crippen molar-refractivity contribution in [3.8, 4) is 0 Å². The van der Waals surface area contributed by atoms with Crippen molar-refractivity contribution in [2.24, 2.45) is 0 Å². The smallest absolute Gasteiger partial charge is 0.0586 e. The Balaban J connectivity index is 1.37. The molecular weight excluding hydrogens is 260 g/mol. The maximum Gasteiger partial charge on any atom is 0.0586 e. The highest BCUT2D eigenvalue weighted by atomic mass is 16.5. The quantitative estimate of drug-likeness (QED) is 0.870. The lowest BCUT2D eigenvalue weighted by Crippen LogP contribution is -2.39. The molecule has 1 aromatic carbocycles. The van der Waals surface area contributed by atoms with Gasteiger partial charge < -0.3 is 15.0 Å². The Morgan fingerprint density at radius 1 is 1.14 bits per heavy atom. The summed E-state index contributed by atoms with van der Waals surface area (Å²) in [4.78, 5) is 2.60. The zero-order valence-corrected chi connectivity index (χ0v) is 13.1. The fourth-order valence-electron chi connectivity index (χ4n) is 3.74. The predicted molar refractivity (Wildman–Crippen MR) is 86.6 cm³/mol. The van der Waals surface area contributed by atoms with Crippen molar-refractivity contribution in [2.75, 3.05) is 26.7 Å². The molecule has 2 fully saturated rings. The molecule has 3 atom stereocenters. The van der Waals surface area contributed by atoms with Gasteiger partial charge in [-0.25, -0.2) is 0 Å². The Morgan fingerprint density at radius 2 is 2.00 bits per heavy atom. The van der Waals surface area contributed by atoms with Crippen LogP contribution in [0.5, 0.6) is 0 Å². The van der Waals surface area contributed by atoms with Crippen molar-refractivity contribution in [3.05, 3.63) is 35.9 Å². The molecule has 3 nitrogen and oxygen atoms in total. The average molecular weight is 288 g/mol. The van der Waals surface area contributed by atoms with Gasteiger partial charge in [0.15, 0.2) is 0 Å². The van der Waals surface area contributed by atoms with Gasteiger partial charge in [-0.15, -0.1) is 0 Å². The van der Waals surface area contributed by atoms with Gasteiger partial charge in [-0.05, 0) is 44.2 Å². The zero-order valence-electron chi connectivity index (χ0n) is 13.1. The average Bonchev–Trinajstić information content (AvgIpc) is 3.16. The van der Waals surface area contributed by atoms with Crippen molar-refractivity contribution in [2.45, 2.75) is 50.3 Å². The number of hydrogen-bond acceptors (Lipinski definition) is 3. The molecule has 1 aromatic rings. The van der Waals surface area contributed by atoms with Gasteiger partial charge in [0.1, 0.15) is 0 Å². The van der Waals surface area contributed by atoms with E-state index in [9.17, 15) is 0 Å². The van der Waals surface area contributed by atoms with Crippen LogP contribution < -0.4 is 5.32 Å². The topological polar surface area (TPSA) is 24.5 Å². The van der Waals surface area contributed by atoms with E-state index in [1.807, 2.05) is 7.11 Å². The van der Waals surface area contributed by atoms with Gasteiger partial charge in [0.2, 0.25) is 0 Å². The summed E-state index contributed by atoms with van der Waals surface area (Å²) in [6, 6.07) is 12.2. The molecule has 1 aliphatic heterocycles. The number of methoxy groups -OCH3 is 1. The molecule has 1 saturated carbocycles. The summed E-state index contributed by atoms with van der Waals surface area (Å²) in [5, 5.41) is 3.85. The normalized spacial score (nSPS) is 30.0. The van der Waals surface area contributed by atoms with E-state index >= 15 is 0 Å². The number of benzene rings is 1. The summed E-state index contributed by atoms with van der Waals surface area (Å²) < 4.78 is 5.46. The number of nitrogens with zero attached hydrogens (tertiary/aromatic N) is 1. The molecule has 1 aliphatic carbocycles. The maximum absolute atomic E-state index is 5.46. The first-order valence-electron chi connectivity index (χ1n) is 8.38. The predicted octanol–water partition coefficient (Wildman–Crippen LogP) is 2.46. The molecule has 3 rings (SSSR count). The van der Waals surface area contributed by atoms with Gasteiger partial charge in [0.05, 0.1) is 6.10 Å². The van der Waals surface area contributed by atoms with E-state index in [4.69, 9.17) is 4.74 Å². The first kappa shape index (κ1) is 15.0. The van der Waals surface area contributed by atoms with E-state index in [0.29, 0.717) is 18.2 Å². The molecule has 21 heavy (non-hydrogen) atoms. The highest BCUT2D eigenvalue weighted by molar-refractivity contribution is 5.14. The monoisotopic (exact) mass is 288 g/mol. The first-order valence-corrected chi connectivity index (χ1v) is 8.38. The fourth-order valence-corrected chi connectivity index (χ4v) is 3.74. The van der Waals surface area contributed by atoms with Gasteiger partial charge in [-0.2, -0.15) is 0 Å². The van der Waals surface area contributed by atoms with Crippen LogP contribution in [0.4, 0.5) is 0 Å². The Hall–Kier alpha value is -0.900. The SMILES string of the molecule is COC1CCC(NC2CCN(CCc3ccccc3)C2)C1. The Morgan fingerprint density at radius 3 is 2.76 bits per heavy atom. The Labute approximate surface area is 128 Å². The van der Waals surface area contributed by atoms with Crippen LogP contribution in [0.2, 0.25) is 0 Å². The van der Waals surface area contributed by atoms with Crippen LogP contribution in [0, 0.1) is 0 Å². The molecule has 1 saturated heterocycles. The molecule has 2 aliphatic rings. The van der Waals surface area contributed by atoms with Gasteiger partial charge >= 0.3 is 0 Å². The highest BCUT2D eigenvalue weighted by Crippen LogP contribution is 2.23. The summed E-state index contributed by atoms with van der Waals surface area (Å²) in [6.07, 6.45) is 6.64. The molecule has 0 aromatic heterocycles. The lowest BCUT2D eigenvalue weighted by Gasteiger charge is -2.20. The standard InChI is InChI=1S/C18H28N2O/c1-21-18-8-7-16(13-18)19-17-10-12-20(14-17)11-9-15-5-3-2-4-6-15/h2-6,16-19H,7-14H2,1H3. The number of ether oxygens (including phenoxy) is 1.